The highest BCUT2D eigenvalue weighted by molar-refractivity contribution is 5.98. The van der Waals surface area contributed by atoms with E-state index in [-0.39, 0.29) is 5.97 Å². The number of amidine groups is 1. The van der Waals surface area contributed by atoms with Crippen LogP contribution in [0.2, 0.25) is 0 Å². The summed E-state index contributed by atoms with van der Waals surface area (Å²) >= 11 is 0. The molecule has 1 aliphatic heterocycles. The van der Waals surface area contributed by atoms with Gasteiger partial charge in [-0.3, -0.25) is 5.41 Å². The van der Waals surface area contributed by atoms with Gasteiger partial charge in [0.25, 0.3) is 0 Å². The number of benzene rings is 1. The maximum Gasteiger partial charge on any atom is 0.337 e. The molecule has 1 N–H and O–H groups in total. The Kier molecular flexibility index (Phi) is 3.23. The average Bonchev–Trinajstić information content (AvgIpc) is 2.91. The average molecular weight is 230 g/mol. The van der Waals surface area contributed by atoms with E-state index in [2.05, 4.69) is 4.74 Å². The minimum Gasteiger partial charge on any atom is -0.465 e. The molecule has 1 aromatic rings. The minimum absolute atomic E-state index is 0.356. The first kappa shape index (κ1) is 11.4. The van der Waals surface area contributed by atoms with E-state index in [0.29, 0.717) is 11.4 Å². The number of ether oxygens (including phenoxy) is 1. The largest absolute Gasteiger partial charge is 0.465 e. The summed E-state index contributed by atoms with van der Waals surface area (Å²) in [7, 11) is 1.36. The highest BCUT2D eigenvalue weighted by atomic mass is 16.5. The second kappa shape index (κ2) is 4.82. The maximum atomic E-state index is 11.3. The van der Waals surface area contributed by atoms with E-state index in [1.54, 1.807) is 24.3 Å². The third-order valence-corrected chi connectivity index (χ3v) is 2.71. The fourth-order valence-electron chi connectivity index (χ4n) is 1.73. The quantitative estimate of drug-likeness (QED) is 0.364. The fourth-order valence-corrected chi connectivity index (χ4v) is 1.73. The molecule has 0 aliphatic carbocycles. The molecule has 0 atom stereocenters. The topological polar surface area (TPSA) is 53.4 Å². The van der Waals surface area contributed by atoms with Gasteiger partial charge in [0.15, 0.2) is 0 Å². The smallest absolute Gasteiger partial charge is 0.337 e. The Labute approximate surface area is 100 Å². The molecular formula is C13H14N2O2. The van der Waals surface area contributed by atoms with Gasteiger partial charge >= 0.3 is 5.97 Å². The first-order valence-electron chi connectivity index (χ1n) is 5.39. The zero-order valence-corrected chi connectivity index (χ0v) is 9.64. The molecule has 1 aliphatic rings. The number of rotatable bonds is 2. The number of carbonyl (C=O) groups is 1. The molecule has 0 unspecified atom stereocenters. The summed E-state index contributed by atoms with van der Waals surface area (Å²) in [5.74, 6) is 0.123. The van der Waals surface area contributed by atoms with Gasteiger partial charge in [0.1, 0.15) is 5.84 Å². The van der Waals surface area contributed by atoms with Crippen LogP contribution in [0.1, 0.15) is 15.9 Å². The van der Waals surface area contributed by atoms with Gasteiger partial charge in [-0.1, -0.05) is 24.3 Å². The molecule has 1 heterocycles. The van der Waals surface area contributed by atoms with E-state index < -0.39 is 0 Å². The van der Waals surface area contributed by atoms with Gasteiger partial charge in [-0.2, -0.15) is 0 Å². The van der Waals surface area contributed by atoms with Gasteiger partial charge in [-0.05, 0) is 12.1 Å². The van der Waals surface area contributed by atoms with Gasteiger partial charge in [-0.15, -0.1) is 0 Å². The van der Waals surface area contributed by atoms with Crippen molar-refractivity contribution in [3.8, 4) is 0 Å². The van der Waals surface area contributed by atoms with Crippen molar-refractivity contribution in [1.82, 2.24) is 4.90 Å². The number of nitrogens with one attached hydrogen (secondary N) is 1. The second-order valence-electron chi connectivity index (χ2n) is 3.79. The molecule has 0 aromatic heterocycles. The molecule has 0 saturated carbocycles. The zero-order chi connectivity index (χ0) is 12.3. The van der Waals surface area contributed by atoms with Crippen molar-refractivity contribution in [3.63, 3.8) is 0 Å². The third-order valence-electron chi connectivity index (χ3n) is 2.71. The molecule has 0 saturated heterocycles. The predicted octanol–water partition coefficient (Wildman–Crippen LogP) is 1.67. The Balaban J connectivity index is 2.12. The normalized spacial score (nSPS) is 13.8. The molecule has 4 heteroatoms. The summed E-state index contributed by atoms with van der Waals surface area (Å²) in [6.07, 6.45) is 4.08. The summed E-state index contributed by atoms with van der Waals surface area (Å²) in [6, 6.07) is 6.90. The van der Waals surface area contributed by atoms with E-state index in [1.807, 2.05) is 17.1 Å². The van der Waals surface area contributed by atoms with Crippen molar-refractivity contribution in [2.45, 2.75) is 0 Å². The van der Waals surface area contributed by atoms with Crippen LogP contribution < -0.4 is 0 Å². The second-order valence-corrected chi connectivity index (χ2v) is 3.79. The highest BCUT2D eigenvalue weighted by Gasteiger charge is 2.13. The van der Waals surface area contributed by atoms with Gasteiger partial charge in [0.2, 0.25) is 0 Å². The fraction of sp³-hybridized carbons (Fsp3) is 0.231. The van der Waals surface area contributed by atoms with E-state index in [1.165, 1.54) is 7.11 Å². The maximum absolute atomic E-state index is 11.3. The van der Waals surface area contributed by atoms with Gasteiger partial charge < -0.3 is 9.64 Å². The number of hydrogen-bond donors (Lipinski definition) is 1. The number of esters is 1. The first-order valence-corrected chi connectivity index (χ1v) is 5.39. The zero-order valence-electron chi connectivity index (χ0n) is 9.64. The summed E-state index contributed by atoms with van der Waals surface area (Å²) in [6.45, 7) is 1.55. The summed E-state index contributed by atoms with van der Waals surface area (Å²) in [5.41, 5.74) is 1.31. The lowest BCUT2D eigenvalue weighted by Gasteiger charge is -2.18. The third kappa shape index (κ3) is 2.36. The molecular weight excluding hydrogens is 216 g/mol. The van der Waals surface area contributed by atoms with Gasteiger partial charge in [-0.25, -0.2) is 4.79 Å². The Hall–Kier alpha value is -2.10. The standard InChI is InChI=1S/C13H14N2O2/c1-17-13(16)11-6-4-10(5-7-11)12(14)15-8-2-3-9-15/h2-7,14H,8-9H2,1H3. The molecule has 0 amide bonds. The SMILES string of the molecule is COC(=O)c1ccc(C(=N)N2CC=CC2)cc1. The summed E-state index contributed by atoms with van der Waals surface area (Å²) in [4.78, 5) is 13.2. The highest BCUT2D eigenvalue weighted by Crippen LogP contribution is 2.10. The molecule has 1 aromatic carbocycles. The Bertz CT molecular complexity index is 455. The van der Waals surface area contributed by atoms with Crippen LogP contribution in [0.4, 0.5) is 0 Å². The molecule has 2 rings (SSSR count). The Morgan fingerprint density at radius 1 is 1.18 bits per heavy atom. The van der Waals surface area contributed by atoms with Gasteiger partial charge in [0.05, 0.1) is 12.7 Å². The van der Waals surface area contributed by atoms with E-state index in [9.17, 15) is 4.79 Å². The lowest BCUT2D eigenvalue weighted by atomic mass is 10.1. The van der Waals surface area contributed by atoms with E-state index in [0.717, 1.165) is 18.7 Å². The molecule has 0 spiro atoms. The molecule has 17 heavy (non-hydrogen) atoms. The van der Waals surface area contributed by atoms with Crippen molar-refractivity contribution in [2.24, 2.45) is 0 Å². The number of hydrogen-bond acceptors (Lipinski definition) is 3. The van der Waals surface area contributed by atoms with Crippen molar-refractivity contribution in [2.75, 3.05) is 20.2 Å². The van der Waals surface area contributed by atoms with Gasteiger partial charge in [0, 0.05) is 18.7 Å². The van der Waals surface area contributed by atoms with Crippen LogP contribution in [0.25, 0.3) is 0 Å². The van der Waals surface area contributed by atoms with Crippen molar-refractivity contribution in [1.29, 1.82) is 5.41 Å². The molecule has 4 nitrogen and oxygen atoms in total. The van der Waals surface area contributed by atoms with E-state index >= 15 is 0 Å². The Morgan fingerprint density at radius 3 is 2.24 bits per heavy atom. The van der Waals surface area contributed by atoms with Crippen molar-refractivity contribution in [3.05, 3.63) is 47.5 Å². The van der Waals surface area contributed by atoms with Crippen LogP contribution >= 0.6 is 0 Å². The van der Waals surface area contributed by atoms with Crippen molar-refractivity contribution < 1.29 is 9.53 Å². The van der Waals surface area contributed by atoms with E-state index in [4.69, 9.17) is 5.41 Å². The van der Waals surface area contributed by atoms with Crippen LogP contribution in [0, 0.1) is 5.41 Å². The lowest BCUT2D eigenvalue weighted by molar-refractivity contribution is 0.0600. The Morgan fingerprint density at radius 2 is 1.71 bits per heavy atom. The van der Waals surface area contributed by atoms with Crippen LogP contribution in [-0.2, 0) is 4.74 Å². The first-order chi connectivity index (χ1) is 8.22. The van der Waals surface area contributed by atoms with Crippen LogP contribution in [0.15, 0.2) is 36.4 Å². The van der Waals surface area contributed by atoms with Crippen LogP contribution in [-0.4, -0.2) is 36.9 Å². The van der Waals surface area contributed by atoms with Crippen LogP contribution in [0.3, 0.4) is 0 Å². The lowest BCUT2D eigenvalue weighted by Crippen LogP contribution is -2.28. The molecule has 0 radical (unpaired) electrons. The monoisotopic (exact) mass is 230 g/mol. The molecule has 0 fully saturated rings. The summed E-state index contributed by atoms with van der Waals surface area (Å²) in [5, 5.41) is 8.02. The number of carbonyl (C=O) groups excluding carboxylic acids is 1. The van der Waals surface area contributed by atoms with Crippen molar-refractivity contribution >= 4 is 11.8 Å². The summed E-state index contributed by atoms with van der Waals surface area (Å²) < 4.78 is 4.62. The molecule has 88 valence electrons. The number of methoxy groups -OCH3 is 1. The molecule has 0 bridgehead atoms. The predicted molar refractivity (Wildman–Crippen MR) is 65.3 cm³/mol. The van der Waals surface area contributed by atoms with Crippen LogP contribution in [0.5, 0.6) is 0 Å². The number of nitrogens with zero attached hydrogens (tertiary/aromatic N) is 1. The minimum atomic E-state index is -0.356.